The Hall–Kier alpha value is -3.71. The third kappa shape index (κ3) is 4.93. The molecule has 0 saturated heterocycles. The van der Waals surface area contributed by atoms with E-state index < -0.39 is 11.0 Å². The predicted molar refractivity (Wildman–Crippen MR) is 103 cm³/mol. The van der Waals surface area contributed by atoms with E-state index in [4.69, 9.17) is 4.74 Å². The summed E-state index contributed by atoms with van der Waals surface area (Å²) in [7, 11) is 0. The number of non-ortho nitro benzene ring substituents is 1. The zero-order valence-electron chi connectivity index (χ0n) is 14.8. The molecule has 0 unspecified atom stereocenters. The number of aliphatic hydroxyl groups is 1. The lowest BCUT2D eigenvalue weighted by atomic mass is 10.1. The second kappa shape index (κ2) is 8.79. The van der Waals surface area contributed by atoms with Crippen LogP contribution in [0.4, 0.5) is 5.69 Å². The highest BCUT2D eigenvalue weighted by molar-refractivity contribution is 5.94. The molecule has 28 heavy (non-hydrogen) atoms. The summed E-state index contributed by atoms with van der Waals surface area (Å²) >= 11 is 0. The first kappa shape index (κ1) is 19.1. The number of amides is 1. The number of nitro benzene ring substituents is 1. The molecule has 0 aromatic heterocycles. The van der Waals surface area contributed by atoms with Crippen LogP contribution in [0, 0.1) is 10.1 Å². The van der Waals surface area contributed by atoms with Crippen LogP contribution in [0.1, 0.15) is 22.0 Å². The van der Waals surface area contributed by atoms with Crippen molar-refractivity contribution in [2.45, 2.75) is 6.10 Å². The van der Waals surface area contributed by atoms with Crippen LogP contribution in [-0.4, -0.2) is 22.5 Å². The van der Waals surface area contributed by atoms with Gasteiger partial charge in [0.25, 0.3) is 11.6 Å². The Kier molecular flexibility index (Phi) is 5.98. The van der Waals surface area contributed by atoms with Crippen LogP contribution in [-0.2, 0) is 0 Å². The van der Waals surface area contributed by atoms with Crippen molar-refractivity contribution < 1.29 is 19.6 Å². The quantitative estimate of drug-likeness (QED) is 0.480. The molecule has 1 amide bonds. The molecule has 0 spiro atoms. The number of nitrogens with one attached hydrogen (secondary N) is 1. The lowest BCUT2D eigenvalue weighted by molar-refractivity contribution is -0.384. The van der Waals surface area contributed by atoms with Gasteiger partial charge in [0.2, 0.25) is 0 Å². The first-order valence-electron chi connectivity index (χ1n) is 8.56. The summed E-state index contributed by atoms with van der Waals surface area (Å²) in [5.41, 5.74) is 0.812. The molecule has 2 N–H and O–H groups in total. The highest BCUT2D eigenvalue weighted by atomic mass is 16.6. The molecule has 3 aromatic rings. The van der Waals surface area contributed by atoms with Crippen LogP contribution in [0.15, 0.2) is 78.9 Å². The number of nitro groups is 1. The number of ether oxygens (including phenoxy) is 1. The van der Waals surface area contributed by atoms with Crippen molar-refractivity contribution in [3.63, 3.8) is 0 Å². The Morgan fingerprint density at radius 2 is 1.68 bits per heavy atom. The Balaban J connectivity index is 1.60. The maximum absolute atomic E-state index is 12.4. The molecule has 0 aliphatic heterocycles. The summed E-state index contributed by atoms with van der Waals surface area (Å²) in [5, 5.41) is 23.5. The van der Waals surface area contributed by atoms with Crippen molar-refractivity contribution in [1.82, 2.24) is 5.32 Å². The van der Waals surface area contributed by atoms with E-state index in [2.05, 4.69) is 5.32 Å². The van der Waals surface area contributed by atoms with Gasteiger partial charge in [-0.1, -0.05) is 24.3 Å². The molecule has 7 heteroatoms. The monoisotopic (exact) mass is 378 g/mol. The molecule has 142 valence electrons. The summed E-state index contributed by atoms with van der Waals surface area (Å²) in [4.78, 5) is 22.5. The Labute approximate surface area is 161 Å². The van der Waals surface area contributed by atoms with Gasteiger partial charge in [-0.3, -0.25) is 14.9 Å². The number of hydrogen-bond acceptors (Lipinski definition) is 5. The van der Waals surface area contributed by atoms with E-state index in [-0.39, 0.29) is 18.1 Å². The van der Waals surface area contributed by atoms with E-state index in [1.165, 1.54) is 24.3 Å². The van der Waals surface area contributed by atoms with Crippen molar-refractivity contribution in [3.8, 4) is 11.5 Å². The zero-order valence-corrected chi connectivity index (χ0v) is 14.8. The highest BCUT2D eigenvalue weighted by Gasteiger charge is 2.13. The third-order valence-electron chi connectivity index (χ3n) is 4.02. The van der Waals surface area contributed by atoms with Crippen molar-refractivity contribution in [2.75, 3.05) is 6.54 Å². The van der Waals surface area contributed by atoms with Crippen LogP contribution in [0.25, 0.3) is 0 Å². The van der Waals surface area contributed by atoms with Gasteiger partial charge < -0.3 is 15.2 Å². The van der Waals surface area contributed by atoms with Gasteiger partial charge in [0, 0.05) is 24.2 Å². The minimum atomic E-state index is -0.978. The van der Waals surface area contributed by atoms with E-state index in [1.54, 1.807) is 24.3 Å². The molecule has 0 radical (unpaired) electrons. The molecule has 1 atom stereocenters. The average molecular weight is 378 g/mol. The van der Waals surface area contributed by atoms with Gasteiger partial charge in [-0.2, -0.15) is 0 Å². The summed E-state index contributed by atoms with van der Waals surface area (Å²) < 4.78 is 5.71. The topological polar surface area (TPSA) is 102 Å². The van der Waals surface area contributed by atoms with Gasteiger partial charge in [-0.25, -0.2) is 0 Å². The van der Waals surface area contributed by atoms with E-state index in [9.17, 15) is 20.0 Å². The normalized spacial score (nSPS) is 11.5. The first-order valence-corrected chi connectivity index (χ1v) is 8.56. The summed E-state index contributed by atoms with van der Waals surface area (Å²) in [5.74, 6) is 0.822. The zero-order chi connectivity index (χ0) is 19.9. The number of aliphatic hydroxyl groups excluding tert-OH is 1. The average Bonchev–Trinajstić information content (AvgIpc) is 2.72. The van der Waals surface area contributed by atoms with Gasteiger partial charge in [0.1, 0.15) is 11.5 Å². The van der Waals surface area contributed by atoms with Crippen LogP contribution >= 0.6 is 0 Å². The largest absolute Gasteiger partial charge is 0.457 e. The van der Waals surface area contributed by atoms with Crippen LogP contribution < -0.4 is 10.1 Å². The molecule has 7 nitrogen and oxygen atoms in total. The van der Waals surface area contributed by atoms with Crippen LogP contribution in [0.3, 0.4) is 0 Å². The minimum Gasteiger partial charge on any atom is -0.457 e. The fourth-order valence-corrected chi connectivity index (χ4v) is 2.55. The number of benzene rings is 3. The highest BCUT2D eigenvalue weighted by Crippen LogP contribution is 2.22. The second-order valence-corrected chi connectivity index (χ2v) is 6.02. The van der Waals surface area contributed by atoms with Gasteiger partial charge in [-0.05, 0) is 48.0 Å². The van der Waals surface area contributed by atoms with Crippen molar-refractivity contribution in [2.24, 2.45) is 0 Å². The molecule has 0 aliphatic rings. The molecule has 0 heterocycles. The lowest BCUT2D eigenvalue weighted by Gasteiger charge is -2.13. The van der Waals surface area contributed by atoms with Crippen molar-refractivity contribution in [3.05, 3.63) is 100 Å². The molecular formula is C21H18N2O5. The van der Waals surface area contributed by atoms with Gasteiger partial charge in [0.15, 0.2) is 0 Å². The SMILES string of the molecule is O=C(NC[C@H](O)c1ccc([N+](=O)[O-])cc1)c1cccc(Oc2ccccc2)c1. The van der Waals surface area contributed by atoms with E-state index in [0.29, 0.717) is 22.6 Å². The number of hydrogen-bond donors (Lipinski definition) is 2. The minimum absolute atomic E-state index is 0.0274. The second-order valence-electron chi connectivity index (χ2n) is 6.02. The standard InChI is InChI=1S/C21H18N2O5/c24-20(15-9-11-17(12-10-15)23(26)27)14-22-21(25)16-5-4-8-19(13-16)28-18-6-2-1-3-7-18/h1-13,20,24H,14H2,(H,22,25)/t20-/m0/s1. The molecule has 0 aliphatic carbocycles. The summed E-state index contributed by atoms with van der Waals surface area (Å²) in [6.45, 7) is -0.0274. The number of carbonyl (C=O) groups excluding carboxylic acids is 1. The number of nitrogens with zero attached hydrogens (tertiary/aromatic N) is 1. The molecule has 0 saturated carbocycles. The third-order valence-corrected chi connectivity index (χ3v) is 4.02. The van der Waals surface area contributed by atoms with E-state index in [0.717, 1.165) is 0 Å². The van der Waals surface area contributed by atoms with Crippen molar-refractivity contribution in [1.29, 1.82) is 0 Å². The number of para-hydroxylation sites is 1. The Bertz CT molecular complexity index is 958. The smallest absolute Gasteiger partial charge is 0.269 e. The summed E-state index contributed by atoms with van der Waals surface area (Å²) in [6.07, 6.45) is -0.978. The lowest BCUT2D eigenvalue weighted by Crippen LogP contribution is -2.28. The molecule has 3 rings (SSSR count). The fourth-order valence-electron chi connectivity index (χ4n) is 2.55. The first-order chi connectivity index (χ1) is 13.5. The van der Waals surface area contributed by atoms with Gasteiger partial charge in [-0.15, -0.1) is 0 Å². The van der Waals surface area contributed by atoms with E-state index in [1.807, 2.05) is 30.3 Å². The number of carbonyl (C=O) groups is 1. The van der Waals surface area contributed by atoms with Crippen molar-refractivity contribution >= 4 is 11.6 Å². The Morgan fingerprint density at radius 3 is 2.36 bits per heavy atom. The maximum Gasteiger partial charge on any atom is 0.269 e. The molecule has 3 aromatic carbocycles. The van der Waals surface area contributed by atoms with E-state index >= 15 is 0 Å². The predicted octanol–water partition coefficient (Wildman–Crippen LogP) is 3.85. The number of rotatable bonds is 7. The van der Waals surface area contributed by atoms with Crippen LogP contribution in [0.5, 0.6) is 11.5 Å². The van der Waals surface area contributed by atoms with Crippen LogP contribution in [0.2, 0.25) is 0 Å². The van der Waals surface area contributed by atoms with Gasteiger partial charge in [0.05, 0.1) is 11.0 Å². The molecule has 0 bridgehead atoms. The molecule has 0 fully saturated rings. The Morgan fingerprint density at radius 1 is 1.00 bits per heavy atom. The fraction of sp³-hybridized carbons (Fsp3) is 0.0952. The van der Waals surface area contributed by atoms with Gasteiger partial charge >= 0.3 is 0 Å². The molecular weight excluding hydrogens is 360 g/mol. The summed E-state index contributed by atoms with van der Waals surface area (Å²) in [6, 6.07) is 21.5. The maximum atomic E-state index is 12.4.